The Balaban J connectivity index is 2.03. The highest BCUT2D eigenvalue weighted by Gasteiger charge is 2.08. The van der Waals surface area contributed by atoms with Crippen molar-refractivity contribution in [1.29, 1.82) is 0 Å². The van der Waals surface area contributed by atoms with E-state index in [1.54, 1.807) is 0 Å². The standard InChI is InChI=1S/C14H20O3/c15-13(11-14(16)17)10-6-2-5-9-12-7-3-1-4-8-12/h1,3-4,7-8,13,15H,2,5-6,9-11H2,(H,16,17). The van der Waals surface area contributed by atoms with Crippen molar-refractivity contribution < 1.29 is 15.0 Å². The molecule has 0 aliphatic rings. The number of carboxylic acid groups (broad SMARTS) is 1. The van der Waals surface area contributed by atoms with Crippen LogP contribution in [0.3, 0.4) is 0 Å². The number of carbonyl (C=O) groups is 1. The number of hydrogen-bond donors (Lipinski definition) is 2. The fourth-order valence-electron chi connectivity index (χ4n) is 1.83. The van der Waals surface area contributed by atoms with Gasteiger partial charge in [0.1, 0.15) is 0 Å². The molecule has 0 heterocycles. The molecule has 0 aliphatic carbocycles. The van der Waals surface area contributed by atoms with Crippen LogP contribution in [0.2, 0.25) is 0 Å². The number of aliphatic hydroxyl groups is 1. The Bertz CT molecular complexity index is 321. The normalized spacial score (nSPS) is 12.3. The summed E-state index contributed by atoms with van der Waals surface area (Å²) in [6, 6.07) is 10.3. The molecule has 1 atom stereocenters. The minimum absolute atomic E-state index is 0.140. The average molecular weight is 236 g/mol. The molecule has 3 heteroatoms. The van der Waals surface area contributed by atoms with Crippen LogP contribution >= 0.6 is 0 Å². The van der Waals surface area contributed by atoms with Gasteiger partial charge in [0.15, 0.2) is 0 Å². The third kappa shape index (κ3) is 6.74. The summed E-state index contributed by atoms with van der Waals surface area (Å²) in [6.07, 6.45) is 3.82. The van der Waals surface area contributed by atoms with E-state index in [0.29, 0.717) is 6.42 Å². The Morgan fingerprint density at radius 1 is 1.12 bits per heavy atom. The zero-order valence-corrected chi connectivity index (χ0v) is 10.0. The van der Waals surface area contributed by atoms with Crippen molar-refractivity contribution in [3.05, 3.63) is 35.9 Å². The summed E-state index contributed by atoms with van der Waals surface area (Å²) in [7, 11) is 0. The number of aryl methyl sites for hydroxylation is 1. The molecule has 1 unspecified atom stereocenters. The number of aliphatic hydroxyl groups excluding tert-OH is 1. The lowest BCUT2D eigenvalue weighted by Gasteiger charge is -2.07. The van der Waals surface area contributed by atoms with Gasteiger partial charge in [-0.05, 0) is 24.8 Å². The number of hydrogen-bond acceptors (Lipinski definition) is 2. The molecule has 0 bridgehead atoms. The second-order valence-corrected chi connectivity index (χ2v) is 4.34. The molecule has 3 nitrogen and oxygen atoms in total. The quantitative estimate of drug-likeness (QED) is 0.682. The number of benzene rings is 1. The summed E-state index contributed by atoms with van der Waals surface area (Å²) < 4.78 is 0. The van der Waals surface area contributed by atoms with Gasteiger partial charge in [-0.2, -0.15) is 0 Å². The van der Waals surface area contributed by atoms with Crippen LogP contribution in [-0.4, -0.2) is 22.3 Å². The lowest BCUT2D eigenvalue weighted by Crippen LogP contribution is -2.12. The first-order valence-corrected chi connectivity index (χ1v) is 6.12. The molecular formula is C14H20O3. The molecule has 0 radical (unpaired) electrons. The smallest absolute Gasteiger partial charge is 0.305 e. The summed E-state index contributed by atoms with van der Waals surface area (Å²) in [6.45, 7) is 0. The highest BCUT2D eigenvalue weighted by Crippen LogP contribution is 2.10. The molecule has 2 N–H and O–H groups in total. The number of carboxylic acids is 1. The van der Waals surface area contributed by atoms with Crippen LogP contribution in [0.15, 0.2) is 30.3 Å². The minimum atomic E-state index is -0.929. The number of unbranched alkanes of at least 4 members (excludes halogenated alkanes) is 2. The molecule has 0 fully saturated rings. The third-order valence-corrected chi connectivity index (χ3v) is 2.76. The predicted molar refractivity (Wildman–Crippen MR) is 66.9 cm³/mol. The van der Waals surface area contributed by atoms with E-state index in [1.165, 1.54) is 5.56 Å². The maximum Gasteiger partial charge on any atom is 0.305 e. The molecule has 94 valence electrons. The molecule has 1 rings (SSSR count). The summed E-state index contributed by atoms with van der Waals surface area (Å²) in [5, 5.41) is 17.8. The molecule has 0 saturated carbocycles. The molecule has 0 amide bonds. The van der Waals surface area contributed by atoms with E-state index in [-0.39, 0.29) is 6.42 Å². The summed E-state index contributed by atoms with van der Waals surface area (Å²) >= 11 is 0. The van der Waals surface area contributed by atoms with E-state index in [4.69, 9.17) is 5.11 Å². The molecule has 1 aromatic rings. The zero-order valence-electron chi connectivity index (χ0n) is 10.0. The zero-order chi connectivity index (χ0) is 12.5. The largest absolute Gasteiger partial charge is 0.481 e. The van der Waals surface area contributed by atoms with Crippen molar-refractivity contribution in [2.75, 3.05) is 0 Å². The SMILES string of the molecule is O=C(O)CC(O)CCCCCc1ccccc1. The van der Waals surface area contributed by atoms with E-state index in [2.05, 4.69) is 12.1 Å². The minimum Gasteiger partial charge on any atom is -0.481 e. The summed E-state index contributed by atoms with van der Waals surface area (Å²) in [4.78, 5) is 10.3. The van der Waals surface area contributed by atoms with E-state index in [1.807, 2.05) is 18.2 Å². The van der Waals surface area contributed by atoms with Gasteiger partial charge < -0.3 is 10.2 Å². The molecule has 0 saturated heterocycles. The van der Waals surface area contributed by atoms with E-state index < -0.39 is 12.1 Å². The van der Waals surface area contributed by atoms with Crippen molar-refractivity contribution in [3.63, 3.8) is 0 Å². The van der Waals surface area contributed by atoms with Gasteiger partial charge in [0, 0.05) is 0 Å². The second-order valence-electron chi connectivity index (χ2n) is 4.34. The molecule has 1 aromatic carbocycles. The fraction of sp³-hybridized carbons (Fsp3) is 0.500. The van der Waals surface area contributed by atoms with Crippen molar-refractivity contribution in [2.45, 2.75) is 44.6 Å². The van der Waals surface area contributed by atoms with Gasteiger partial charge in [-0.1, -0.05) is 43.2 Å². The van der Waals surface area contributed by atoms with E-state index in [0.717, 1.165) is 25.7 Å². The van der Waals surface area contributed by atoms with E-state index >= 15 is 0 Å². The van der Waals surface area contributed by atoms with Crippen molar-refractivity contribution in [2.24, 2.45) is 0 Å². The van der Waals surface area contributed by atoms with Crippen molar-refractivity contribution in [1.82, 2.24) is 0 Å². The van der Waals surface area contributed by atoms with Gasteiger partial charge in [-0.15, -0.1) is 0 Å². The Morgan fingerprint density at radius 3 is 2.47 bits per heavy atom. The van der Waals surface area contributed by atoms with Crippen molar-refractivity contribution >= 4 is 5.97 Å². The van der Waals surface area contributed by atoms with Gasteiger partial charge in [0.25, 0.3) is 0 Å². The van der Waals surface area contributed by atoms with Crippen LogP contribution in [0.1, 0.15) is 37.7 Å². The lowest BCUT2D eigenvalue weighted by molar-refractivity contribution is -0.139. The topological polar surface area (TPSA) is 57.5 Å². The molecule has 17 heavy (non-hydrogen) atoms. The van der Waals surface area contributed by atoms with Crippen LogP contribution in [0.4, 0.5) is 0 Å². The first-order chi connectivity index (χ1) is 8.18. The second kappa shape index (κ2) is 7.85. The van der Waals surface area contributed by atoms with Crippen LogP contribution in [-0.2, 0) is 11.2 Å². The van der Waals surface area contributed by atoms with Gasteiger partial charge in [-0.25, -0.2) is 0 Å². The predicted octanol–water partition coefficient (Wildman–Crippen LogP) is 2.63. The Kier molecular flexibility index (Phi) is 6.33. The maximum absolute atomic E-state index is 10.3. The fourth-order valence-corrected chi connectivity index (χ4v) is 1.83. The van der Waals surface area contributed by atoms with Crippen LogP contribution in [0, 0.1) is 0 Å². The molecule has 0 aromatic heterocycles. The summed E-state index contributed by atoms with van der Waals surface area (Å²) in [5.41, 5.74) is 1.33. The van der Waals surface area contributed by atoms with Crippen LogP contribution in [0.25, 0.3) is 0 Å². The first-order valence-electron chi connectivity index (χ1n) is 6.12. The highest BCUT2D eigenvalue weighted by molar-refractivity contribution is 5.67. The monoisotopic (exact) mass is 236 g/mol. The first kappa shape index (κ1) is 13.7. The molecular weight excluding hydrogens is 216 g/mol. The van der Waals surface area contributed by atoms with Gasteiger partial charge in [0.05, 0.1) is 12.5 Å². The molecule has 0 aliphatic heterocycles. The van der Waals surface area contributed by atoms with Gasteiger partial charge in [-0.3, -0.25) is 4.79 Å². The number of rotatable bonds is 8. The highest BCUT2D eigenvalue weighted by atomic mass is 16.4. The Hall–Kier alpha value is -1.35. The van der Waals surface area contributed by atoms with Crippen molar-refractivity contribution in [3.8, 4) is 0 Å². The lowest BCUT2D eigenvalue weighted by atomic mass is 10.0. The maximum atomic E-state index is 10.3. The van der Waals surface area contributed by atoms with Gasteiger partial charge >= 0.3 is 5.97 Å². The Labute approximate surface area is 102 Å². The van der Waals surface area contributed by atoms with Crippen LogP contribution < -0.4 is 0 Å². The number of aliphatic carboxylic acids is 1. The van der Waals surface area contributed by atoms with Gasteiger partial charge in [0.2, 0.25) is 0 Å². The summed E-state index contributed by atoms with van der Waals surface area (Å²) in [5.74, 6) is -0.929. The molecule has 0 spiro atoms. The van der Waals surface area contributed by atoms with Crippen LogP contribution in [0.5, 0.6) is 0 Å². The average Bonchev–Trinajstić information content (AvgIpc) is 2.29. The Morgan fingerprint density at radius 2 is 1.82 bits per heavy atom. The van der Waals surface area contributed by atoms with E-state index in [9.17, 15) is 9.90 Å². The third-order valence-electron chi connectivity index (χ3n) is 2.76.